The van der Waals surface area contributed by atoms with Crippen LogP contribution in [0.3, 0.4) is 0 Å². The molecule has 0 spiro atoms. The lowest BCUT2D eigenvalue weighted by Gasteiger charge is -2.30. The zero-order chi connectivity index (χ0) is 31.9. The van der Waals surface area contributed by atoms with Crippen LogP contribution in [-0.2, 0) is 22.8 Å². The highest BCUT2D eigenvalue weighted by molar-refractivity contribution is 7.89. The Bertz CT molecular complexity index is 1640. The minimum atomic E-state index is -5.08. The van der Waals surface area contributed by atoms with Gasteiger partial charge < -0.3 is 14.7 Å². The number of pyridine rings is 1. The van der Waals surface area contributed by atoms with Crippen molar-refractivity contribution in [2.45, 2.75) is 56.3 Å². The molecule has 0 unspecified atom stereocenters. The summed E-state index contributed by atoms with van der Waals surface area (Å²) in [4.78, 5) is 16.0. The van der Waals surface area contributed by atoms with E-state index in [1.54, 1.807) is 0 Å². The van der Waals surface area contributed by atoms with Crippen LogP contribution >= 0.6 is 0 Å². The third kappa shape index (κ3) is 7.04. The second kappa shape index (κ2) is 11.7. The Morgan fingerprint density at radius 3 is 2.42 bits per heavy atom. The average Bonchev–Trinajstić information content (AvgIpc) is 2.98. The van der Waals surface area contributed by atoms with Crippen molar-refractivity contribution < 1.29 is 49.4 Å². The summed E-state index contributed by atoms with van der Waals surface area (Å²) < 4.78 is 119. The Kier molecular flexibility index (Phi) is 8.71. The van der Waals surface area contributed by atoms with Gasteiger partial charge in [0.2, 0.25) is 15.9 Å². The summed E-state index contributed by atoms with van der Waals surface area (Å²) in [6.45, 7) is 1.12. The maximum atomic E-state index is 14.4. The number of nitrogens with zero attached hydrogens (tertiary/aromatic N) is 3. The summed E-state index contributed by atoms with van der Waals surface area (Å²) in [5.41, 5.74) is -2.04. The molecule has 0 amide bonds. The molecule has 2 aromatic carbocycles. The van der Waals surface area contributed by atoms with Gasteiger partial charge in [-0.3, -0.25) is 0 Å². The highest BCUT2D eigenvalue weighted by Gasteiger charge is 2.42. The molecule has 2 heterocycles. The summed E-state index contributed by atoms with van der Waals surface area (Å²) in [5, 5.41) is 9.47. The first-order chi connectivity index (χ1) is 19.9. The van der Waals surface area contributed by atoms with E-state index in [0.717, 1.165) is 28.4 Å². The van der Waals surface area contributed by atoms with Gasteiger partial charge in [0.05, 0.1) is 11.3 Å². The Morgan fingerprint density at radius 1 is 1.12 bits per heavy atom. The number of aromatic carboxylic acids is 1. The zero-order valence-corrected chi connectivity index (χ0v) is 23.9. The number of aryl methyl sites for hydroxylation is 1. The molecular weight excluding hydrogens is 604 g/mol. The minimum Gasteiger partial charge on any atom is -0.488 e. The summed E-state index contributed by atoms with van der Waals surface area (Å²) in [6, 6.07) is 7.52. The highest BCUT2D eigenvalue weighted by atomic mass is 32.2. The molecule has 0 fully saturated rings. The molecule has 0 saturated carbocycles. The van der Waals surface area contributed by atoms with Gasteiger partial charge in [0.15, 0.2) is 5.69 Å². The predicted octanol–water partition coefficient (Wildman–Crippen LogP) is 6.40. The van der Waals surface area contributed by atoms with E-state index in [-0.39, 0.29) is 24.2 Å². The van der Waals surface area contributed by atoms with Crippen LogP contribution in [0.2, 0.25) is 0 Å². The van der Waals surface area contributed by atoms with Crippen LogP contribution < -0.4 is 9.64 Å². The number of sulfonamides is 1. The molecular formula is C28H27F6N3O5S. The number of ether oxygens (including phenoxy) is 1. The number of anilines is 2. The van der Waals surface area contributed by atoms with Crippen LogP contribution in [0.4, 0.5) is 37.7 Å². The third-order valence-electron chi connectivity index (χ3n) is 6.96. The van der Waals surface area contributed by atoms with Gasteiger partial charge >= 0.3 is 12.1 Å². The van der Waals surface area contributed by atoms with E-state index in [1.165, 1.54) is 31.2 Å². The van der Waals surface area contributed by atoms with Crippen LogP contribution in [0.25, 0.3) is 0 Å². The molecule has 0 radical (unpaired) electrons. The number of fused-ring (bicyclic) bond motifs is 1. The van der Waals surface area contributed by atoms with Crippen molar-refractivity contribution in [2.75, 3.05) is 18.5 Å². The predicted molar refractivity (Wildman–Crippen MR) is 144 cm³/mol. The molecule has 0 saturated heterocycles. The van der Waals surface area contributed by atoms with Crippen molar-refractivity contribution in [1.29, 1.82) is 0 Å². The van der Waals surface area contributed by atoms with Crippen molar-refractivity contribution in [3.63, 3.8) is 0 Å². The first-order valence-electron chi connectivity index (χ1n) is 12.9. The fraction of sp³-hybridized carbons (Fsp3) is 0.357. The maximum Gasteiger partial charge on any atom is 0.420 e. The summed E-state index contributed by atoms with van der Waals surface area (Å²) in [6.07, 6.45) is -6.15. The van der Waals surface area contributed by atoms with Gasteiger partial charge in [-0.1, -0.05) is 12.1 Å². The fourth-order valence-electron chi connectivity index (χ4n) is 4.71. The van der Waals surface area contributed by atoms with Crippen molar-refractivity contribution in [3.8, 4) is 5.75 Å². The molecule has 0 bridgehead atoms. The van der Waals surface area contributed by atoms with Gasteiger partial charge in [0, 0.05) is 49.1 Å². The van der Waals surface area contributed by atoms with Crippen molar-refractivity contribution in [1.82, 2.24) is 9.29 Å². The van der Waals surface area contributed by atoms with E-state index in [9.17, 15) is 44.7 Å². The Hall–Kier alpha value is -3.85. The largest absolute Gasteiger partial charge is 0.488 e. The quantitative estimate of drug-likeness (QED) is 0.287. The number of carboxylic acid groups (broad SMARTS) is 1. The van der Waals surface area contributed by atoms with E-state index >= 15 is 0 Å². The number of alkyl halides is 5. The number of halogens is 6. The van der Waals surface area contributed by atoms with Gasteiger partial charge in [-0.2, -0.15) is 17.5 Å². The Labute approximate surface area is 243 Å². The van der Waals surface area contributed by atoms with E-state index in [2.05, 4.69) is 4.98 Å². The van der Waals surface area contributed by atoms with Gasteiger partial charge in [-0.25, -0.2) is 31.4 Å². The number of carboxylic acids is 1. The van der Waals surface area contributed by atoms with Gasteiger partial charge in [-0.15, -0.1) is 0 Å². The van der Waals surface area contributed by atoms with Crippen LogP contribution in [0, 0.1) is 12.7 Å². The number of benzene rings is 2. The maximum absolute atomic E-state index is 14.4. The van der Waals surface area contributed by atoms with E-state index in [0.29, 0.717) is 24.8 Å². The third-order valence-corrected chi connectivity index (χ3v) is 8.90. The summed E-state index contributed by atoms with van der Waals surface area (Å²) in [7, 11) is -3.49. The van der Waals surface area contributed by atoms with E-state index in [4.69, 9.17) is 4.74 Å². The van der Waals surface area contributed by atoms with Gasteiger partial charge in [-0.05, 0) is 50.6 Å². The Morgan fingerprint density at radius 2 is 1.81 bits per heavy atom. The van der Waals surface area contributed by atoms with E-state index < -0.39 is 80.6 Å². The van der Waals surface area contributed by atoms with Crippen LogP contribution in [0.15, 0.2) is 53.4 Å². The molecule has 1 atom stereocenters. The first kappa shape index (κ1) is 32.1. The van der Waals surface area contributed by atoms with E-state index in [1.807, 2.05) is 0 Å². The van der Waals surface area contributed by atoms with Gasteiger partial charge in [0.1, 0.15) is 23.1 Å². The van der Waals surface area contributed by atoms with Crippen molar-refractivity contribution in [3.05, 3.63) is 76.9 Å². The summed E-state index contributed by atoms with van der Waals surface area (Å²) >= 11 is 0. The molecule has 232 valence electrons. The molecule has 3 aromatic rings. The topological polar surface area (TPSA) is 100 Å². The zero-order valence-electron chi connectivity index (χ0n) is 23.1. The number of aromatic nitrogens is 1. The number of carbonyl (C=O) groups is 1. The molecule has 0 aliphatic carbocycles. The number of hydrogen-bond acceptors (Lipinski definition) is 6. The normalized spacial score (nSPS) is 17.3. The van der Waals surface area contributed by atoms with Crippen molar-refractivity contribution in [2.24, 2.45) is 0 Å². The molecule has 8 nitrogen and oxygen atoms in total. The molecule has 43 heavy (non-hydrogen) atoms. The standard InChI is InChI=1S/C28H27F6N3O5S/c1-16-7-8-17(25(35-16)26(38)39)15-42-23-13-24-22(12-21(23)28(32,33)34)37(19-6-4-5-18(29)11-19)14-20(9-10-27(2,30)31)36(3)43(24,40)41/h4-8,11-13,20H,9-10,14-15H2,1-3H3,(H,38,39)/t20-/m1/s1. The lowest BCUT2D eigenvalue weighted by Crippen LogP contribution is -2.41. The van der Waals surface area contributed by atoms with Crippen molar-refractivity contribution >= 4 is 27.4 Å². The molecule has 1 aliphatic heterocycles. The SMILES string of the molecule is Cc1ccc(COc2cc3c(cc2C(F)(F)F)N(c2cccc(F)c2)C[C@@H](CCC(C)(F)F)N(C)S3(=O)=O)c(C(=O)O)n1. The van der Waals surface area contributed by atoms with Crippen LogP contribution in [-0.4, -0.2) is 54.3 Å². The smallest absolute Gasteiger partial charge is 0.420 e. The van der Waals surface area contributed by atoms with Crippen LogP contribution in [0.1, 0.15) is 47.1 Å². The lowest BCUT2D eigenvalue weighted by atomic mass is 10.1. The fourth-order valence-corrected chi connectivity index (χ4v) is 6.27. The minimum absolute atomic E-state index is 0.00127. The second-order valence-electron chi connectivity index (χ2n) is 10.2. The average molecular weight is 632 g/mol. The highest BCUT2D eigenvalue weighted by Crippen LogP contribution is 2.46. The molecule has 1 aromatic heterocycles. The summed E-state index contributed by atoms with van der Waals surface area (Å²) in [5.74, 6) is -6.28. The number of hydrogen-bond donors (Lipinski definition) is 1. The van der Waals surface area contributed by atoms with Crippen LogP contribution in [0.5, 0.6) is 5.75 Å². The monoisotopic (exact) mass is 631 g/mol. The molecule has 15 heteroatoms. The molecule has 1 N–H and O–H groups in total. The lowest BCUT2D eigenvalue weighted by molar-refractivity contribution is -0.139. The molecule has 1 aliphatic rings. The second-order valence-corrected chi connectivity index (χ2v) is 12.2. The number of likely N-dealkylation sites (N-methyl/N-ethyl adjacent to an activating group) is 1. The Balaban J connectivity index is 1.90. The number of rotatable bonds is 8. The molecule has 4 rings (SSSR count). The first-order valence-corrected chi connectivity index (χ1v) is 14.3. The van der Waals surface area contributed by atoms with Gasteiger partial charge in [0.25, 0.3) is 0 Å².